The highest BCUT2D eigenvalue weighted by Gasteiger charge is 2.33. The quantitative estimate of drug-likeness (QED) is 0.581. The van der Waals surface area contributed by atoms with Crippen LogP contribution in [0, 0.1) is 5.82 Å². The smallest absolute Gasteiger partial charge is 0.210 e. The van der Waals surface area contributed by atoms with Crippen LogP contribution in [-0.4, -0.2) is 11.6 Å². The molecule has 2 rings (SSSR count). The first-order chi connectivity index (χ1) is 8.00. The van der Waals surface area contributed by atoms with Crippen LogP contribution in [0.4, 0.5) is 4.39 Å². The summed E-state index contributed by atoms with van der Waals surface area (Å²) < 4.78 is 12.7. The first-order valence-electron chi connectivity index (χ1n) is 4.62. The van der Waals surface area contributed by atoms with Crippen LogP contribution in [-0.2, 0) is 9.59 Å². The van der Waals surface area contributed by atoms with Crippen molar-refractivity contribution in [3.63, 3.8) is 0 Å². The number of allylic oxidation sites excluding steroid dienone is 3. The van der Waals surface area contributed by atoms with E-state index in [1.54, 1.807) is 0 Å². The van der Waals surface area contributed by atoms with Gasteiger partial charge in [-0.1, -0.05) is 35.3 Å². The monoisotopic (exact) mass is 270 g/mol. The molecule has 0 saturated carbocycles. The first kappa shape index (κ1) is 12.0. The zero-order valence-electron chi connectivity index (χ0n) is 8.34. The Balaban J connectivity index is 2.40. The Morgan fingerprint density at radius 1 is 0.941 bits per heavy atom. The predicted octanol–water partition coefficient (Wildman–Crippen LogP) is 3.05. The standard InChI is InChI=1S/C12H5Cl2FO2/c13-9-10(14)12(17)8(11(9)16)5-6-1-3-7(15)4-2-6/h1-5H. The van der Waals surface area contributed by atoms with Crippen LogP contribution < -0.4 is 0 Å². The van der Waals surface area contributed by atoms with Gasteiger partial charge in [0, 0.05) is 0 Å². The Kier molecular flexibility index (Phi) is 3.13. The van der Waals surface area contributed by atoms with E-state index in [1.165, 1.54) is 30.3 Å². The summed E-state index contributed by atoms with van der Waals surface area (Å²) in [6.07, 6.45) is 1.34. The minimum atomic E-state index is -0.606. The predicted molar refractivity (Wildman–Crippen MR) is 63.1 cm³/mol. The summed E-state index contributed by atoms with van der Waals surface area (Å²) in [7, 11) is 0. The summed E-state index contributed by atoms with van der Waals surface area (Å²) in [6.45, 7) is 0. The van der Waals surface area contributed by atoms with Crippen molar-refractivity contribution in [1.82, 2.24) is 0 Å². The number of rotatable bonds is 1. The molecule has 0 heterocycles. The number of hydrogen-bond acceptors (Lipinski definition) is 2. The third-order valence-electron chi connectivity index (χ3n) is 2.26. The van der Waals surface area contributed by atoms with Gasteiger partial charge >= 0.3 is 0 Å². The van der Waals surface area contributed by atoms with E-state index in [2.05, 4.69) is 0 Å². The molecule has 1 aliphatic rings. The lowest BCUT2D eigenvalue weighted by Crippen LogP contribution is -2.02. The van der Waals surface area contributed by atoms with Crippen LogP contribution >= 0.6 is 23.2 Å². The lowest BCUT2D eigenvalue weighted by Gasteiger charge is -1.96. The molecule has 0 spiro atoms. The zero-order valence-corrected chi connectivity index (χ0v) is 9.85. The van der Waals surface area contributed by atoms with E-state index in [9.17, 15) is 14.0 Å². The van der Waals surface area contributed by atoms with Crippen molar-refractivity contribution in [1.29, 1.82) is 0 Å². The molecule has 0 unspecified atom stereocenters. The van der Waals surface area contributed by atoms with Crippen LogP contribution in [0.15, 0.2) is 39.9 Å². The van der Waals surface area contributed by atoms with E-state index < -0.39 is 17.4 Å². The average Bonchev–Trinajstić information content (AvgIpc) is 2.50. The minimum absolute atomic E-state index is 0.105. The number of Topliss-reactive ketones (excluding diaryl/α,β-unsaturated/α-hetero) is 2. The summed E-state index contributed by atoms with van der Waals surface area (Å²) in [4.78, 5) is 23.1. The van der Waals surface area contributed by atoms with E-state index in [0.29, 0.717) is 5.56 Å². The number of carbonyl (C=O) groups is 2. The number of ketones is 2. The highest BCUT2D eigenvalue weighted by Crippen LogP contribution is 2.30. The van der Waals surface area contributed by atoms with E-state index in [1.807, 2.05) is 0 Å². The largest absolute Gasteiger partial charge is 0.287 e. The number of halogens is 3. The van der Waals surface area contributed by atoms with Crippen molar-refractivity contribution in [2.75, 3.05) is 0 Å². The van der Waals surface area contributed by atoms with Crippen molar-refractivity contribution < 1.29 is 14.0 Å². The Bertz CT molecular complexity index is 545. The van der Waals surface area contributed by atoms with Gasteiger partial charge in [-0.15, -0.1) is 0 Å². The second-order valence-electron chi connectivity index (χ2n) is 3.40. The molecule has 5 heteroatoms. The van der Waals surface area contributed by atoms with Gasteiger partial charge in [0.1, 0.15) is 15.9 Å². The van der Waals surface area contributed by atoms with Gasteiger partial charge in [-0.25, -0.2) is 4.39 Å². The maximum Gasteiger partial charge on any atom is 0.210 e. The first-order valence-corrected chi connectivity index (χ1v) is 5.38. The summed E-state index contributed by atoms with van der Waals surface area (Å²) in [6, 6.07) is 5.35. The molecule has 0 N–H and O–H groups in total. The molecule has 0 bridgehead atoms. The van der Waals surface area contributed by atoms with E-state index in [4.69, 9.17) is 23.2 Å². The second-order valence-corrected chi connectivity index (χ2v) is 4.15. The lowest BCUT2D eigenvalue weighted by molar-refractivity contribution is -0.115. The molecule has 1 aliphatic carbocycles. The minimum Gasteiger partial charge on any atom is -0.287 e. The summed E-state index contributed by atoms with van der Waals surface area (Å²) in [5.74, 6) is -1.61. The van der Waals surface area contributed by atoms with Gasteiger partial charge in [0.25, 0.3) is 0 Å². The molecule has 17 heavy (non-hydrogen) atoms. The molecule has 2 nitrogen and oxygen atoms in total. The van der Waals surface area contributed by atoms with Gasteiger partial charge < -0.3 is 0 Å². The third-order valence-corrected chi connectivity index (χ3v) is 3.08. The van der Waals surface area contributed by atoms with Crippen molar-refractivity contribution in [3.05, 3.63) is 51.3 Å². The molecule has 0 aliphatic heterocycles. The second kappa shape index (κ2) is 4.43. The summed E-state index contributed by atoms with van der Waals surface area (Å²) in [5.41, 5.74) is 0.422. The van der Waals surface area contributed by atoms with Crippen LogP contribution in [0.25, 0.3) is 6.08 Å². The van der Waals surface area contributed by atoms with Crippen molar-refractivity contribution in [2.24, 2.45) is 0 Å². The molecular formula is C12H5Cl2FO2. The molecule has 1 aromatic rings. The van der Waals surface area contributed by atoms with Crippen LogP contribution in [0.5, 0.6) is 0 Å². The molecule has 0 atom stereocenters. The lowest BCUT2D eigenvalue weighted by atomic mass is 10.1. The fourth-order valence-corrected chi connectivity index (χ4v) is 1.77. The number of hydrogen-bond donors (Lipinski definition) is 0. The Hall–Kier alpha value is -1.45. The molecule has 0 amide bonds. The van der Waals surface area contributed by atoms with Crippen molar-refractivity contribution >= 4 is 40.8 Å². The Morgan fingerprint density at radius 3 is 1.88 bits per heavy atom. The van der Waals surface area contributed by atoms with Gasteiger partial charge in [-0.2, -0.15) is 0 Å². The fraction of sp³-hybridized carbons (Fsp3) is 0. The highest BCUT2D eigenvalue weighted by atomic mass is 35.5. The van der Waals surface area contributed by atoms with Gasteiger partial charge in [0.15, 0.2) is 0 Å². The molecule has 0 fully saturated rings. The summed E-state index contributed by atoms with van der Waals surface area (Å²) in [5, 5.41) is -0.546. The van der Waals surface area contributed by atoms with Crippen LogP contribution in [0.3, 0.4) is 0 Å². The molecule has 0 aromatic heterocycles. The average molecular weight is 271 g/mol. The van der Waals surface area contributed by atoms with Gasteiger partial charge in [0.2, 0.25) is 11.6 Å². The normalized spacial score (nSPS) is 15.8. The molecule has 1 aromatic carbocycles. The van der Waals surface area contributed by atoms with Crippen LogP contribution in [0.1, 0.15) is 5.56 Å². The topological polar surface area (TPSA) is 34.1 Å². The maximum atomic E-state index is 12.7. The molecule has 0 radical (unpaired) electrons. The fourth-order valence-electron chi connectivity index (χ4n) is 1.40. The van der Waals surface area contributed by atoms with E-state index in [0.717, 1.165) is 0 Å². The van der Waals surface area contributed by atoms with Crippen LogP contribution in [0.2, 0.25) is 0 Å². The zero-order chi connectivity index (χ0) is 12.6. The molecule has 86 valence electrons. The van der Waals surface area contributed by atoms with E-state index >= 15 is 0 Å². The Labute approximate surface area is 106 Å². The van der Waals surface area contributed by atoms with Gasteiger partial charge in [-0.05, 0) is 23.8 Å². The molecular weight excluding hydrogens is 266 g/mol. The van der Waals surface area contributed by atoms with Crippen molar-refractivity contribution in [2.45, 2.75) is 0 Å². The molecule has 0 saturated heterocycles. The third kappa shape index (κ3) is 2.16. The van der Waals surface area contributed by atoms with Gasteiger partial charge in [-0.3, -0.25) is 9.59 Å². The summed E-state index contributed by atoms with van der Waals surface area (Å²) >= 11 is 11.1. The van der Waals surface area contributed by atoms with Crippen molar-refractivity contribution in [3.8, 4) is 0 Å². The highest BCUT2D eigenvalue weighted by molar-refractivity contribution is 6.65. The number of carbonyl (C=O) groups excluding carboxylic acids is 2. The SMILES string of the molecule is O=C1C(=Cc2ccc(F)cc2)C(=O)C(Cl)=C1Cl. The maximum absolute atomic E-state index is 12.7. The Morgan fingerprint density at radius 2 is 1.41 bits per heavy atom. The number of benzene rings is 1. The van der Waals surface area contributed by atoms with E-state index in [-0.39, 0.29) is 15.6 Å². The van der Waals surface area contributed by atoms with Gasteiger partial charge in [0.05, 0.1) is 5.57 Å².